The average Bonchev–Trinajstić information content (AvgIpc) is 3.16. The van der Waals surface area contributed by atoms with Crippen molar-refractivity contribution in [3.63, 3.8) is 0 Å². The van der Waals surface area contributed by atoms with Crippen LogP contribution in [0.3, 0.4) is 0 Å². The first-order valence-electron chi connectivity index (χ1n) is 9.70. The molecule has 2 heterocycles. The van der Waals surface area contributed by atoms with Crippen LogP contribution in [-0.4, -0.2) is 22.5 Å². The van der Waals surface area contributed by atoms with E-state index in [9.17, 15) is 4.79 Å². The SMILES string of the molecule is Cc1cccc(NC(=O)NCC(c2cccnc2)c2c[nH]c3ccccc23)c1C. The van der Waals surface area contributed by atoms with Crippen LogP contribution in [-0.2, 0) is 0 Å². The molecule has 5 heteroatoms. The highest BCUT2D eigenvalue weighted by molar-refractivity contribution is 5.90. The van der Waals surface area contributed by atoms with Crippen LogP contribution in [0.15, 0.2) is 73.2 Å². The van der Waals surface area contributed by atoms with E-state index in [0.717, 1.165) is 38.8 Å². The molecule has 2 amide bonds. The van der Waals surface area contributed by atoms with Crippen molar-refractivity contribution in [2.24, 2.45) is 0 Å². The van der Waals surface area contributed by atoms with Gasteiger partial charge in [0.25, 0.3) is 0 Å². The number of nitrogens with zero attached hydrogens (tertiary/aromatic N) is 1. The molecule has 1 atom stereocenters. The summed E-state index contributed by atoms with van der Waals surface area (Å²) in [6.07, 6.45) is 5.64. The van der Waals surface area contributed by atoms with Crippen LogP contribution in [0.2, 0.25) is 0 Å². The summed E-state index contributed by atoms with van der Waals surface area (Å²) in [5.74, 6) is -0.00999. The van der Waals surface area contributed by atoms with E-state index in [1.54, 1.807) is 6.20 Å². The molecule has 3 N–H and O–H groups in total. The van der Waals surface area contributed by atoms with E-state index in [2.05, 4.69) is 32.7 Å². The second-order valence-electron chi connectivity index (χ2n) is 7.21. The van der Waals surface area contributed by atoms with E-state index < -0.39 is 0 Å². The summed E-state index contributed by atoms with van der Waals surface area (Å²) in [5, 5.41) is 7.16. The van der Waals surface area contributed by atoms with Crippen molar-refractivity contribution in [3.8, 4) is 0 Å². The Morgan fingerprint density at radius 1 is 1.07 bits per heavy atom. The lowest BCUT2D eigenvalue weighted by atomic mass is 9.92. The Morgan fingerprint density at radius 2 is 1.93 bits per heavy atom. The number of hydrogen-bond acceptors (Lipinski definition) is 2. The molecule has 0 aliphatic heterocycles. The first-order chi connectivity index (χ1) is 14.1. The largest absolute Gasteiger partial charge is 0.361 e. The third-order valence-corrected chi connectivity index (χ3v) is 5.40. The third kappa shape index (κ3) is 3.99. The standard InChI is InChI=1S/C24H24N4O/c1-16-7-5-11-22(17(16)2)28-24(29)27-14-20(18-8-6-12-25-13-18)21-15-26-23-10-4-3-9-19(21)23/h3-13,15,20,26H,14H2,1-2H3,(H2,27,28,29). The maximum atomic E-state index is 12.6. The Kier molecular flexibility index (Phi) is 5.29. The first kappa shape index (κ1) is 18.7. The van der Waals surface area contributed by atoms with E-state index in [4.69, 9.17) is 0 Å². The number of aryl methyl sites for hydroxylation is 1. The van der Waals surface area contributed by atoms with Gasteiger partial charge in [-0.15, -0.1) is 0 Å². The van der Waals surface area contributed by atoms with Crippen LogP contribution >= 0.6 is 0 Å². The molecular weight excluding hydrogens is 360 g/mol. The number of pyridine rings is 1. The molecule has 0 aliphatic rings. The monoisotopic (exact) mass is 384 g/mol. The molecule has 2 aromatic heterocycles. The van der Waals surface area contributed by atoms with Crippen LogP contribution < -0.4 is 10.6 Å². The number of benzene rings is 2. The summed E-state index contributed by atoms with van der Waals surface area (Å²) in [4.78, 5) is 20.2. The lowest BCUT2D eigenvalue weighted by molar-refractivity contribution is 0.252. The van der Waals surface area contributed by atoms with Crippen molar-refractivity contribution < 1.29 is 4.79 Å². The maximum Gasteiger partial charge on any atom is 0.319 e. The highest BCUT2D eigenvalue weighted by atomic mass is 16.2. The predicted octanol–water partition coefficient (Wildman–Crippen LogP) is 5.13. The second-order valence-corrected chi connectivity index (χ2v) is 7.21. The fourth-order valence-corrected chi connectivity index (χ4v) is 3.62. The zero-order valence-electron chi connectivity index (χ0n) is 16.6. The van der Waals surface area contributed by atoms with Crippen LogP contribution in [0.4, 0.5) is 10.5 Å². The summed E-state index contributed by atoms with van der Waals surface area (Å²) in [5.41, 5.74) is 6.33. The number of H-pyrrole nitrogens is 1. The number of hydrogen-bond donors (Lipinski definition) is 3. The number of para-hydroxylation sites is 1. The Balaban J connectivity index is 1.56. The molecule has 4 rings (SSSR count). The minimum absolute atomic E-state index is 0.00999. The van der Waals surface area contributed by atoms with Gasteiger partial charge in [0.15, 0.2) is 0 Å². The van der Waals surface area contributed by atoms with Gasteiger partial charge in [-0.25, -0.2) is 4.79 Å². The van der Waals surface area contributed by atoms with Crippen LogP contribution in [0.25, 0.3) is 10.9 Å². The minimum atomic E-state index is -0.215. The number of carbonyl (C=O) groups is 1. The van der Waals surface area contributed by atoms with E-state index in [0.29, 0.717) is 6.54 Å². The molecule has 0 saturated carbocycles. The fraction of sp³-hybridized carbons (Fsp3) is 0.167. The topological polar surface area (TPSA) is 69.8 Å². The lowest BCUT2D eigenvalue weighted by Gasteiger charge is -2.18. The molecule has 0 spiro atoms. The highest BCUT2D eigenvalue weighted by Gasteiger charge is 2.19. The van der Waals surface area contributed by atoms with Crippen molar-refractivity contribution >= 4 is 22.6 Å². The van der Waals surface area contributed by atoms with Crippen LogP contribution in [0.5, 0.6) is 0 Å². The molecule has 1 unspecified atom stereocenters. The molecule has 2 aromatic carbocycles. The number of nitrogens with one attached hydrogen (secondary N) is 3. The van der Waals surface area contributed by atoms with Crippen LogP contribution in [0, 0.1) is 13.8 Å². The summed E-state index contributed by atoms with van der Waals surface area (Å²) in [6.45, 7) is 4.51. The van der Waals surface area contributed by atoms with Crippen molar-refractivity contribution in [2.45, 2.75) is 19.8 Å². The van der Waals surface area contributed by atoms with Gasteiger partial charge in [0.2, 0.25) is 0 Å². The highest BCUT2D eigenvalue weighted by Crippen LogP contribution is 2.30. The van der Waals surface area contributed by atoms with E-state index in [1.165, 1.54) is 0 Å². The zero-order valence-corrected chi connectivity index (χ0v) is 16.6. The third-order valence-electron chi connectivity index (χ3n) is 5.40. The maximum absolute atomic E-state index is 12.6. The van der Waals surface area contributed by atoms with Crippen molar-refractivity contribution in [3.05, 3.63) is 95.4 Å². The number of fused-ring (bicyclic) bond motifs is 1. The number of anilines is 1. The van der Waals surface area contributed by atoms with Gasteiger partial charge in [0.05, 0.1) is 0 Å². The number of aromatic amines is 1. The quantitative estimate of drug-likeness (QED) is 0.446. The summed E-state index contributed by atoms with van der Waals surface area (Å²) >= 11 is 0. The predicted molar refractivity (Wildman–Crippen MR) is 117 cm³/mol. The van der Waals surface area contributed by atoms with Gasteiger partial charge >= 0.3 is 6.03 Å². The normalized spacial score (nSPS) is 11.9. The molecule has 0 fully saturated rings. The summed E-state index contributed by atoms with van der Waals surface area (Å²) in [7, 11) is 0. The second kappa shape index (κ2) is 8.19. The summed E-state index contributed by atoms with van der Waals surface area (Å²) in [6, 6.07) is 17.8. The molecule has 0 radical (unpaired) electrons. The molecular formula is C24H24N4O. The van der Waals surface area contributed by atoms with E-state index in [1.807, 2.05) is 68.7 Å². The number of carbonyl (C=O) groups excluding carboxylic acids is 1. The van der Waals surface area contributed by atoms with Gasteiger partial charge in [0.1, 0.15) is 0 Å². The molecule has 0 bridgehead atoms. The first-order valence-corrected chi connectivity index (χ1v) is 9.70. The van der Waals surface area contributed by atoms with Crippen molar-refractivity contribution in [2.75, 3.05) is 11.9 Å². The number of urea groups is 1. The van der Waals surface area contributed by atoms with Gasteiger partial charge in [-0.1, -0.05) is 36.4 Å². The van der Waals surface area contributed by atoms with Gasteiger partial charge in [-0.3, -0.25) is 4.98 Å². The molecule has 146 valence electrons. The molecule has 5 nitrogen and oxygen atoms in total. The van der Waals surface area contributed by atoms with Crippen molar-refractivity contribution in [1.29, 1.82) is 0 Å². The Morgan fingerprint density at radius 3 is 2.76 bits per heavy atom. The molecule has 4 aromatic rings. The van der Waals surface area contributed by atoms with Gasteiger partial charge in [-0.05, 0) is 54.3 Å². The Bertz CT molecular complexity index is 1130. The Labute approximate surface area is 170 Å². The van der Waals surface area contributed by atoms with Gasteiger partial charge < -0.3 is 15.6 Å². The smallest absolute Gasteiger partial charge is 0.319 e. The molecule has 0 aliphatic carbocycles. The molecule has 29 heavy (non-hydrogen) atoms. The lowest BCUT2D eigenvalue weighted by Crippen LogP contribution is -2.33. The number of rotatable bonds is 5. The van der Waals surface area contributed by atoms with Gasteiger partial charge in [0, 0.05) is 47.6 Å². The summed E-state index contributed by atoms with van der Waals surface area (Å²) < 4.78 is 0. The van der Waals surface area contributed by atoms with E-state index in [-0.39, 0.29) is 11.9 Å². The fourth-order valence-electron chi connectivity index (χ4n) is 3.62. The van der Waals surface area contributed by atoms with E-state index >= 15 is 0 Å². The van der Waals surface area contributed by atoms with Crippen molar-refractivity contribution in [1.82, 2.24) is 15.3 Å². The van der Waals surface area contributed by atoms with Gasteiger partial charge in [-0.2, -0.15) is 0 Å². The number of amides is 2. The number of aromatic nitrogens is 2. The minimum Gasteiger partial charge on any atom is -0.361 e. The zero-order chi connectivity index (χ0) is 20.2. The molecule has 0 saturated heterocycles. The Hall–Kier alpha value is -3.60. The van der Waals surface area contributed by atoms with Crippen LogP contribution in [0.1, 0.15) is 28.2 Å². The average molecular weight is 384 g/mol.